The minimum Gasteiger partial charge on any atom is -0.497 e. The van der Waals surface area contributed by atoms with Crippen molar-refractivity contribution >= 4 is 33.2 Å². The number of ether oxygens (including phenoxy) is 2. The van der Waals surface area contributed by atoms with Crippen LogP contribution in [-0.4, -0.2) is 69.2 Å². The van der Waals surface area contributed by atoms with Gasteiger partial charge in [-0.1, -0.05) is 19.1 Å². The van der Waals surface area contributed by atoms with Crippen LogP contribution in [0.3, 0.4) is 0 Å². The summed E-state index contributed by atoms with van der Waals surface area (Å²) in [5, 5.41) is 14.2. The first-order valence-corrected chi connectivity index (χ1v) is 13.7. The van der Waals surface area contributed by atoms with Crippen molar-refractivity contribution in [2.24, 2.45) is 0 Å². The average Bonchev–Trinajstić information content (AvgIpc) is 2.85. The van der Waals surface area contributed by atoms with Gasteiger partial charge in [-0.2, -0.15) is 0 Å². The van der Waals surface area contributed by atoms with Crippen LogP contribution in [0.1, 0.15) is 32.8 Å². The highest BCUT2D eigenvalue weighted by atomic mass is 32.2. The van der Waals surface area contributed by atoms with Crippen molar-refractivity contribution in [3.8, 4) is 11.5 Å². The molecule has 1 unspecified atom stereocenters. The smallest absolute Gasteiger partial charge is 0.271 e. The molecule has 38 heavy (non-hydrogen) atoms. The standard InChI is InChI=1S/C25H34N4O8S/c1-7-21(25(31)26-17(2)3)27(15-18-9-8-10-20(13-18)36-4)24(30)16-28(38(6,34)35)22-14-19(29(32)33)11-12-23(22)37-5/h8-14,17,21H,7,15-16H2,1-6H3,(H,26,31). The van der Waals surface area contributed by atoms with Crippen LogP contribution < -0.4 is 19.1 Å². The van der Waals surface area contributed by atoms with E-state index >= 15 is 0 Å². The summed E-state index contributed by atoms with van der Waals surface area (Å²) in [6.07, 6.45) is 1.14. The molecule has 2 rings (SSSR count). The lowest BCUT2D eigenvalue weighted by atomic mass is 10.1. The van der Waals surface area contributed by atoms with E-state index < -0.39 is 39.3 Å². The van der Waals surface area contributed by atoms with Crippen LogP contribution in [0.2, 0.25) is 0 Å². The number of sulfonamides is 1. The highest BCUT2D eigenvalue weighted by Crippen LogP contribution is 2.34. The highest BCUT2D eigenvalue weighted by molar-refractivity contribution is 7.92. The molecule has 2 aromatic carbocycles. The second kappa shape index (κ2) is 13.1. The molecule has 0 aromatic heterocycles. The number of rotatable bonds is 13. The Morgan fingerprint density at radius 3 is 2.32 bits per heavy atom. The fourth-order valence-electron chi connectivity index (χ4n) is 3.85. The number of anilines is 1. The van der Waals surface area contributed by atoms with Crippen molar-refractivity contribution in [2.75, 3.05) is 31.3 Å². The molecule has 0 radical (unpaired) electrons. The number of nitro groups is 1. The van der Waals surface area contributed by atoms with E-state index in [4.69, 9.17) is 9.47 Å². The van der Waals surface area contributed by atoms with Gasteiger partial charge in [0.05, 0.1) is 25.4 Å². The Bertz CT molecular complexity index is 1270. The number of nitro benzene ring substituents is 1. The van der Waals surface area contributed by atoms with Gasteiger partial charge in [0, 0.05) is 24.7 Å². The zero-order chi connectivity index (χ0) is 28.6. The third-order valence-electron chi connectivity index (χ3n) is 5.63. The van der Waals surface area contributed by atoms with Crippen LogP contribution >= 0.6 is 0 Å². The van der Waals surface area contributed by atoms with Gasteiger partial charge >= 0.3 is 0 Å². The van der Waals surface area contributed by atoms with Crippen LogP contribution in [0.15, 0.2) is 42.5 Å². The Kier molecular flexibility index (Phi) is 10.5. The minimum atomic E-state index is -4.11. The van der Waals surface area contributed by atoms with Gasteiger partial charge in [-0.3, -0.25) is 24.0 Å². The van der Waals surface area contributed by atoms with Gasteiger partial charge in [0.15, 0.2) is 0 Å². The van der Waals surface area contributed by atoms with E-state index in [2.05, 4.69) is 5.32 Å². The molecule has 0 saturated heterocycles. The first-order valence-electron chi connectivity index (χ1n) is 11.8. The first kappa shape index (κ1) is 30.4. The number of carbonyl (C=O) groups excluding carboxylic acids is 2. The van der Waals surface area contributed by atoms with Gasteiger partial charge < -0.3 is 19.7 Å². The monoisotopic (exact) mass is 550 g/mol. The fraction of sp³-hybridized carbons (Fsp3) is 0.440. The molecule has 0 fully saturated rings. The number of hydrogen-bond donors (Lipinski definition) is 1. The molecule has 0 aliphatic rings. The van der Waals surface area contributed by atoms with Gasteiger partial charge in [0.2, 0.25) is 21.8 Å². The number of carbonyl (C=O) groups is 2. The maximum absolute atomic E-state index is 13.8. The summed E-state index contributed by atoms with van der Waals surface area (Å²) in [7, 11) is -1.33. The van der Waals surface area contributed by atoms with Crippen molar-refractivity contribution in [3.63, 3.8) is 0 Å². The second-order valence-corrected chi connectivity index (χ2v) is 10.8. The normalized spacial score (nSPS) is 12.0. The lowest BCUT2D eigenvalue weighted by Crippen LogP contribution is -2.53. The molecule has 2 aromatic rings. The van der Waals surface area contributed by atoms with Crippen molar-refractivity contribution in [2.45, 2.75) is 45.8 Å². The summed E-state index contributed by atoms with van der Waals surface area (Å²) in [5.41, 5.74) is 0.115. The SMILES string of the molecule is CCC(C(=O)NC(C)C)N(Cc1cccc(OC)c1)C(=O)CN(c1cc([N+](=O)[O-])ccc1OC)S(C)(=O)=O. The van der Waals surface area contributed by atoms with E-state index in [1.165, 1.54) is 31.3 Å². The van der Waals surface area contributed by atoms with Crippen LogP contribution in [0.4, 0.5) is 11.4 Å². The molecule has 0 bridgehead atoms. The zero-order valence-electron chi connectivity index (χ0n) is 22.3. The van der Waals surface area contributed by atoms with Crippen molar-refractivity contribution < 1.29 is 32.4 Å². The number of benzene rings is 2. The Balaban J connectivity index is 2.58. The summed E-state index contributed by atoms with van der Waals surface area (Å²) in [5.74, 6) is -0.499. The third-order valence-corrected chi connectivity index (χ3v) is 6.75. The maximum Gasteiger partial charge on any atom is 0.271 e. The van der Waals surface area contributed by atoms with Crippen LogP contribution in [-0.2, 0) is 26.2 Å². The molecule has 13 heteroatoms. The predicted octanol–water partition coefficient (Wildman–Crippen LogP) is 2.71. The predicted molar refractivity (Wildman–Crippen MR) is 143 cm³/mol. The summed E-state index contributed by atoms with van der Waals surface area (Å²) < 4.78 is 36.9. The molecular formula is C25H34N4O8S. The molecule has 2 amide bonds. The van der Waals surface area contributed by atoms with Gasteiger partial charge in [0.1, 0.15) is 29.8 Å². The number of amides is 2. The Hall–Kier alpha value is -3.87. The topological polar surface area (TPSA) is 148 Å². The Morgan fingerprint density at radius 2 is 1.79 bits per heavy atom. The molecule has 208 valence electrons. The average molecular weight is 551 g/mol. The van der Waals surface area contributed by atoms with E-state index in [-0.39, 0.29) is 36.1 Å². The summed E-state index contributed by atoms with van der Waals surface area (Å²) in [6.45, 7) is 4.60. The fourth-order valence-corrected chi connectivity index (χ4v) is 4.69. The number of nitrogens with one attached hydrogen (secondary N) is 1. The third kappa shape index (κ3) is 7.81. The van der Waals surface area contributed by atoms with Gasteiger partial charge in [-0.15, -0.1) is 0 Å². The maximum atomic E-state index is 13.8. The zero-order valence-corrected chi connectivity index (χ0v) is 23.1. The summed E-state index contributed by atoms with van der Waals surface area (Å²) >= 11 is 0. The molecule has 1 N–H and O–H groups in total. The molecule has 0 heterocycles. The molecule has 0 spiro atoms. The van der Waals surface area contributed by atoms with Crippen molar-refractivity contribution in [3.05, 3.63) is 58.1 Å². The second-order valence-electron chi connectivity index (χ2n) is 8.84. The summed E-state index contributed by atoms with van der Waals surface area (Å²) in [6, 6.07) is 9.30. The van der Waals surface area contributed by atoms with Gasteiger partial charge in [-0.25, -0.2) is 8.42 Å². The Labute approximate surface area is 222 Å². The molecule has 0 saturated carbocycles. The largest absolute Gasteiger partial charge is 0.497 e. The highest BCUT2D eigenvalue weighted by Gasteiger charge is 2.33. The lowest BCUT2D eigenvalue weighted by Gasteiger charge is -2.33. The van der Waals surface area contributed by atoms with Gasteiger partial charge in [-0.05, 0) is 44.0 Å². The summed E-state index contributed by atoms with van der Waals surface area (Å²) in [4.78, 5) is 38.8. The van der Waals surface area contributed by atoms with E-state index in [1.54, 1.807) is 45.0 Å². The minimum absolute atomic E-state index is 0.0102. The Morgan fingerprint density at radius 1 is 1.11 bits per heavy atom. The lowest BCUT2D eigenvalue weighted by molar-refractivity contribution is -0.384. The number of non-ortho nitro benzene ring substituents is 1. The molecule has 1 atom stereocenters. The van der Waals surface area contributed by atoms with Crippen LogP contribution in [0.5, 0.6) is 11.5 Å². The van der Waals surface area contributed by atoms with E-state index in [9.17, 15) is 28.1 Å². The number of hydrogen-bond acceptors (Lipinski definition) is 8. The first-order chi connectivity index (χ1) is 17.8. The van der Waals surface area contributed by atoms with Crippen LogP contribution in [0.25, 0.3) is 0 Å². The number of nitrogens with zero attached hydrogens (tertiary/aromatic N) is 3. The molecule has 12 nitrogen and oxygen atoms in total. The number of methoxy groups -OCH3 is 2. The molecule has 0 aliphatic carbocycles. The van der Waals surface area contributed by atoms with E-state index in [0.717, 1.165) is 16.6 Å². The van der Waals surface area contributed by atoms with Gasteiger partial charge in [0.25, 0.3) is 5.69 Å². The quantitative estimate of drug-likeness (QED) is 0.296. The van der Waals surface area contributed by atoms with Crippen LogP contribution in [0, 0.1) is 10.1 Å². The van der Waals surface area contributed by atoms with E-state index in [1.807, 2.05) is 0 Å². The van der Waals surface area contributed by atoms with Crippen molar-refractivity contribution in [1.82, 2.24) is 10.2 Å². The molecular weight excluding hydrogens is 516 g/mol. The molecule has 0 aliphatic heterocycles. The van der Waals surface area contributed by atoms with Crippen molar-refractivity contribution in [1.29, 1.82) is 0 Å². The van der Waals surface area contributed by atoms with E-state index in [0.29, 0.717) is 11.3 Å².